The Kier molecular flexibility index (Phi) is 3.30. The first-order valence-electron chi connectivity index (χ1n) is 7.02. The Bertz CT molecular complexity index is 869. The number of nitriles is 1. The molecule has 5 heteroatoms. The van der Waals surface area contributed by atoms with Gasteiger partial charge < -0.3 is 9.13 Å². The minimum atomic E-state index is 0.678. The molecular formula is C17H17N5. The summed E-state index contributed by atoms with van der Waals surface area (Å²) in [4.78, 5) is 8.80. The zero-order valence-electron chi connectivity index (χ0n) is 13.1. The zero-order chi connectivity index (χ0) is 15.9. The molecule has 0 unspecified atom stereocenters. The number of imidazole rings is 2. The van der Waals surface area contributed by atoms with Gasteiger partial charge in [-0.1, -0.05) is 0 Å². The van der Waals surface area contributed by atoms with Crippen molar-refractivity contribution < 1.29 is 0 Å². The van der Waals surface area contributed by atoms with Crippen LogP contribution in [0.25, 0.3) is 22.6 Å². The lowest BCUT2D eigenvalue weighted by Gasteiger charge is -2.12. The maximum Gasteiger partial charge on any atom is 0.0991 e. The Morgan fingerprint density at radius 3 is 2.27 bits per heavy atom. The van der Waals surface area contributed by atoms with Crippen molar-refractivity contribution in [2.45, 2.75) is 13.8 Å². The second-order valence-corrected chi connectivity index (χ2v) is 5.54. The summed E-state index contributed by atoms with van der Waals surface area (Å²) >= 11 is 0. The molecular weight excluding hydrogens is 274 g/mol. The maximum atomic E-state index is 9.11. The van der Waals surface area contributed by atoms with E-state index in [9.17, 15) is 0 Å². The molecule has 5 nitrogen and oxygen atoms in total. The minimum Gasteiger partial charge on any atom is -0.332 e. The molecule has 1 aromatic carbocycles. The van der Waals surface area contributed by atoms with Crippen molar-refractivity contribution in [1.82, 2.24) is 19.1 Å². The van der Waals surface area contributed by atoms with Crippen LogP contribution >= 0.6 is 0 Å². The molecule has 0 aliphatic heterocycles. The molecule has 0 N–H and O–H groups in total. The predicted molar refractivity (Wildman–Crippen MR) is 85.0 cm³/mol. The average molecular weight is 291 g/mol. The third-order valence-corrected chi connectivity index (χ3v) is 3.89. The van der Waals surface area contributed by atoms with Crippen LogP contribution in [0.5, 0.6) is 0 Å². The summed E-state index contributed by atoms with van der Waals surface area (Å²) in [6, 6.07) is 6.02. The van der Waals surface area contributed by atoms with Crippen LogP contribution in [0.4, 0.5) is 0 Å². The topological polar surface area (TPSA) is 59.4 Å². The number of hydrogen-bond donors (Lipinski definition) is 0. The van der Waals surface area contributed by atoms with Crippen LogP contribution in [0, 0.1) is 25.2 Å². The molecule has 0 fully saturated rings. The number of hydrogen-bond acceptors (Lipinski definition) is 3. The van der Waals surface area contributed by atoms with E-state index in [0.717, 1.165) is 33.8 Å². The standard InChI is InChI=1S/C17H17N5/c1-11-5-13(7-18)6-12(2)15(11)16-17(22(4)10-20-16)14-8-19-9-21(14)3/h5-6,8-10H,1-4H3. The van der Waals surface area contributed by atoms with Crippen LogP contribution in [0.2, 0.25) is 0 Å². The average Bonchev–Trinajstić information content (AvgIpc) is 3.04. The highest BCUT2D eigenvalue weighted by Crippen LogP contribution is 2.34. The molecule has 2 heterocycles. The van der Waals surface area contributed by atoms with Crippen LogP contribution in [0.15, 0.2) is 31.0 Å². The van der Waals surface area contributed by atoms with Crippen LogP contribution in [0.1, 0.15) is 16.7 Å². The molecule has 0 radical (unpaired) electrons. The van der Waals surface area contributed by atoms with Crippen molar-refractivity contribution >= 4 is 0 Å². The molecule has 2 aromatic heterocycles. The lowest BCUT2D eigenvalue weighted by Crippen LogP contribution is -1.99. The first-order valence-corrected chi connectivity index (χ1v) is 7.02. The van der Waals surface area contributed by atoms with Crippen molar-refractivity contribution in [3.63, 3.8) is 0 Å². The third kappa shape index (κ3) is 2.09. The Labute approximate surface area is 129 Å². The summed E-state index contributed by atoms with van der Waals surface area (Å²) < 4.78 is 3.98. The Morgan fingerprint density at radius 2 is 1.73 bits per heavy atom. The Balaban J connectivity index is 2.28. The van der Waals surface area contributed by atoms with E-state index < -0.39 is 0 Å². The molecule has 0 saturated heterocycles. The predicted octanol–water partition coefficient (Wildman–Crippen LogP) is 2.98. The first-order chi connectivity index (χ1) is 10.5. The molecule has 0 atom stereocenters. The number of aryl methyl sites for hydroxylation is 4. The Morgan fingerprint density at radius 1 is 1.05 bits per heavy atom. The Hall–Kier alpha value is -2.87. The van der Waals surface area contributed by atoms with Gasteiger partial charge >= 0.3 is 0 Å². The summed E-state index contributed by atoms with van der Waals surface area (Å²) in [7, 11) is 3.95. The fraction of sp³-hybridized carbons (Fsp3) is 0.235. The molecule has 3 rings (SSSR count). The molecule has 0 aliphatic carbocycles. The monoisotopic (exact) mass is 291 g/mol. The van der Waals surface area contributed by atoms with Crippen LogP contribution < -0.4 is 0 Å². The number of aromatic nitrogens is 4. The van der Waals surface area contributed by atoms with Crippen LogP contribution in [-0.4, -0.2) is 19.1 Å². The summed E-state index contributed by atoms with van der Waals surface area (Å²) in [6.45, 7) is 4.04. The van der Waals surface area contributed by atoms with E-state index in [0.29, 0.717) is 5.56 Å². The van der Waals surface area contributed by atoms with Gasteiger partial charge in [0.25, 0.3) is 0 Å². The molecule has 110 valence electrons. The summed E-state index contributed by atoms with van der Waals surface area (Å²) in [5, 5.41) is 9.11. The molecule has 22 heavy (non-hydrogen) atoms. The fourth-order valence-electron chi connectivity index (χ4n) is 2.90. The van der Waals surface area contributed by atoms with E-state index in [2.05, 4.69) is 16.0 Å². The SMILES string of the molecule is Cc1cc(C#N)cc(C)c1-c1ncn(C)c1-c1cncn1C. The van der Waals surface area contributed by atoms with Gasteiger partial charge in [0.2, 0.25) is 0 Å². The number of benzene rings is 1. The highest BCUT2D eigenvalue weighted by molar-refractivity contribution is 5.81. The van der Waals surface area contributed by atoms with Crippen molar-refractivity contribution in [2.24, 2.45) is 14.1 Å². The highest BCUT2D eigenvalue weighted by atomic mass is 15.1. The molecule has 0 aliphatic rings. The molecule has 3 aromatic rings. The van der Waals surface area contributed by atoms with Crippen molar-refractivity contribution in [3.05, 3.63) is 47.7 Å². The summed E-state index contributed by atoms with van der Waals surface area (Å²) in [5.41, 5.74) is 6.82. The van der Waals surface area contributed by atoms with Crippen molar-refractivity contribution in [1.29, 1.82) is 5.26 Å². The van der Waals surface area contributed by atoms with Crippen molar-refractivity contribution in [3.8, 4) is 28.7 Å². The van der Waals surface area contributed by atoms with E-state index in [1.54, 1.807) is 6.33 Å². The zero-order valence-corrected chi connectivity index (χ0v) is 13.1. The van der Waals surface area contributed by atoms with Gasteiger partial charge in [0.15, 0.2) is 0 Å². The van der Waals surface area contributed by atoms with E-state index in [1.165, 1.54) is 0 Å². The maximum absolute atomic E-state index is 9.11. The van der Waals surface area contributed by atoms with Gasteiger partial charge in [0, 0.05) is 19.7 Å². The number of nitrogens with zero attached hydrogens (tertiary/aromatic N) is 5. The normalized spacial score (nSPS) is 10.7. The van der Waals surface area contributed by atoms with Gasteiger partial charge in [-0.15, -0.1) is 0 Å². The third-order valence-electron chi connectivity index (χ3n) is 3.89. The van der Waals surface area contributed by atoms with Crippen LogP contribution in [-0.2, 0) is 14.1 Å². The molecule has 0 saturated carbocycles. The molecule has 0 bridgehead atoms. The van der Waals surface area contributed by atoms with Gasteiger partial charge in [-0.2, -0.15) is 5.26 Å². The lowest BCUT2D eigenvalue weighted by molar-refractivity contribution is 0.876. The summed E-state index contributed by atoms with van der Waals surface area (Å²) in [6.07, 6.45) is 5.44. The lowest BCUT2D eigenvalue weighted by atomic mass is 9.95. The second-order valence-electron chi connectivity index (χ2n) is 5.54. The van der Waals surface area contributed by atoms with E-state index in [1.807, 2.05) is 61.7 Å². The highest BCUT2D eigenvalue weighted by Gasteiger charge is 2.19. The quantitative estimate of drug-likeness (QED) is 0.729. The van der Waals surface area contributed by atoms with Gasteiger partial charge in [-0.05, 0) is 37.1 Å². The number of rotatable bonds is 2. The smallest absolute Gasteiger partial charge is 0.0991 e. The molecule has 0 amide bonds. The van der Waals surface area contributed by atoms with Gasteiger partial charge in [0.05, 0.1) is 47.6 Å². The van der Waals surface area contributed by atoms with E-state index in [-0.39, 0.29) is 0 Å². The fourth-order valence-corrected chi connectivity index (χ4v) is 2.90. The van der Waals surface area contributed by atoms with Gasteiger partial charge in [0.1, 0.15) is 0 Å². The van der Waals surface area contributed by atoms with E-state index >= 15 is 0 Å². The molecule has 0 spiro atoms. The largest absolute Gasteiger partial charge is 0.332 e. The second kappa shape index (κ2) is 5.15. The van der Waals surface area contributed by atoms with Gasteiger partial charge in [-0.3, -0.25) is 0 Å². The van der Waals surface area contributed by atoms with Crippen LogP contribution in [0.3, 0.4) is 0 Å². The van der Waals surface area contributed by atoms with Crippen molar-refractivity contribution in [2.75, 3.05) is 0 Å². The van der Waals surface area contributed by atoms with E-state index in [4.69, 9.17) is 5.26 Å². The first kappa shape index (κ1) is 14.1. The minimum absolute atomic E-state index is 0.678. The summed E-state index contributed by atoms with van der Waals surface area (Å²) in [5.74, 6) is 0. The van der Waals surface area contributed by atoms with Gasteiger partial charge in [-0.25, -0.2) is 9.97 Å².